The van der Waals surface area contributed by atoms with Gasteiger partial charge in [-0.3, -0.25) is 4.98 Å². The molecule has 0 amide bonds. The first kappa shape index (κ1) is 6.40. The van der Waals surface area contributed by atoms with Crippen molar-refractivity contribution in [2.24, 2.45) is 0 Å². The summed E-state index contributed by atoms with van der Waals surface area (Å²) >= 11 is 0. The van der Waals surface area contributed by atoms with Crippen molar-refractivity contribution in [3.8, 4) is 0 Å². The molecule has 0 saturated carbocycles. The average molecular weight is 147 g/mol. The molecule has 0 aliphatic rings. The largest absolute Gasteiger partial charge is 0.462 e. The van der Waals surface area contributed by atoms with Crippen LogP contribution in [0.15, 0.2) is 29.1 Å². The highest BCUT2D eigenvalue weighted by Gasteiger charge is 2.01. The predicted molar refractivity (Wildman–Crippen MR) is 43.4 cm³/mol. The van der Waals surface area contributed by atoms with Crippen molar-refractivity contribution in [2.75, 3.05) is 0 Å². The number of aromatic nitrogens is 1. The molecule has 0 radical (unpaired) electrons. The maximum absolute atomic E-state index is 5.28. The lowest BCUT2D eigenvalue weighted by atomic mass is 10.2. The minimum atomic E-state index is 0.879. The van der Waals surface area contributed by atoms with Crippen LogP contribution in [0, 0.1) is 0 Å². The third-order valence-corrected chi connectivity index (χ3v) is 1.84. The summed E-state index contributed by atoms with van der Waals surface area (Å²) in [5.74, 6) is 0. The summed E-state index contributed by atoms with van der Waals surface area (Å²) < 4.78 is 5.28. The molecular weight excluding hydrogens is 138 g/mol. The maximum atomic E-state index is 5.28. The highest BCUT2D eigenvalue weighted by molar-refractivity contribution is 5.79. The van der Waals surface area contributed by atoms with Crippen molar-refractivity contribution in [1.82, 2.24) is 4.98 Å². The molecule has 0 spiro atoms. The lowest BCUT2D eigenvalue weighted by Crippen LogP contribution is -1.74. The van der Waals surface area contributed by atoms with Crippen LogP contribution in [0.4, 0.5) is 0 Å². The Bertz CT molecular complexity index is 364. The van der Waals surface area contributed by atoms with Gasteiger partial charge in [-0.05, 0) is 18.1 Å². The number of rotatable bonds is 1. The Kier molecular flexibility index (Phi) is 1.39. The number of nitrogens with zero attached hydrogens (tertiary/aromatic N) is 1. The molecule has 56 valence electrons. The minimum Gasteiger partial charge on any atom is -0.462 e. The average Bonchev–Trinajstić information content (AvgIpc) is 2.47. The molecule has 0 N–H and O–H groups in total. The number of hydrogen-bond donors (Lipinski definition) is 0. The topological polar surface area (TPSA) is 26.0 Å². The van der Waals surface area contributed by atoms with Gasteiger partial charge in [0.2, 0.25) is 0 Å². The molecule has 0 fully saturated rings. The van der Waals surface area contributed by atoms with Gasteiger partial charge in [0, 0.05) is 11.6 Å². The van der Waals surface area contributed by atoms with Crippen molar-refractivity contribution >= 4 is 11.0 Å². The van der Waals surface area contributed by atoms with Crippen molar-refractivity contribution in [3.63, 3.8) is 0 Å². The molecular formula is C9H9NO. The van der Waals surface area contributed by atoms with Gasteiger partial charge < -0.3 is 4.42 Å². The second-order valence-corrected chi connectivity index (χ2v) is 2.49. The Labute approximate surface area is 64.9 Å². The molecule has 2 aromatic heterocycles. The SMILES string of the molecule is CCc1coc2cnccc12. The van der Waals surface area contributed by atoms with Gasteiger partial charge in [0.05, 0.1) is 12.5 Å². The van der Waals surface area contributed by atoms with E-state index in [-0.39, 0.29) is 0 Å². The Morgan fingerprint density at radius 1 is 1.55 bits per heavy atom. The van der Waals surface area contributed by atoms with E-state index in [1.54, 1.807) is 18.7 Å². The maximum Gasteiger partial charge on any atom is 0.152 e. The van der Waals surface area contributed by atoms with Crippen LogP contribution in [0.1, 0.15) is 12.5 Å². The summed E-state index contributed by atoms with van der Waals surface area (Å²) in [7, 11) is 0. The lowest BCUT2D eigenvalue weighted by molar-refractivity contribution is 0.609. The highest BCUT2D eigenvalue weighted by Crippen LogP contribution is 2.19. The number of aryl methyl sites for hydroxylation is 1. The third kappa shape index (κ3) is 0.909. The molecule has 2 heteroatoms. The van der Waals surface area contributed by atoms with Crippen molar-refractivity contribution in [3.05, 3.63) is 30.3 Å². The van der Waals surface area contributed by atoms with Crippen molar-refractivity contribution < 1.29 is 4.42 Å². The van der Waals surface area contributed by atoms with E-state index in [2.05, 4.69) is 11.9 Å². The van der Waals surface area contributed by atoms with Crippen molar-refractivity contribution in [2.45, 2.75) is 13.3 Å². The van der Waals surface area contributed by atoms with Gasteiger partial charge in [0.1, 0.15) is 0 Å². The van der Waals surface area contributed by atoms with Crippen LogP contribution in [-0.2, 0) is 6.42 Å². The van der Waals surface area contributed by atoms with Crippen LogP contribution < -0.4 is 0 Å². The summed E-state index contributed by atoms with van der Waals surface area (Å²) in [5.41, 5.74) is 2.13. The fourth-order valence-electron chi connectivity index (χ4n) is 1.21. The molecule has 2 heterocycles. The Morgan fingerprint density at radius 2 is 2.45 bits per heavy atom. The van der Waals surface area contributed by atoms with Gasteiger partial charge in [-0.15, -0.1) is 0 Å². The first-order valence-corrected chi connectivity index (χ1v) is 3.72. The van der Waals surface area contributed by atoms with Crippen LogP contribution in [0.25, 0.3) is 11.0 Å². The van der Waals surface area contributed by atoms with Crippen LogP contribution in [0.3, 0.4) is 0 Å². The molecule has 2 nitrogen and oxygen atoms in total. The molecule has 0 aliphatic carbocycles. The predicted octanol–water partition coefficient (Wildman–Crippen LogP) is 2.39. The van der Waals surface area contributed by atoms with E-state index in [1.165, 1.54) is 10.9 Å². The Hall–Kier alpha value is -1.31. The van der Waals surface area contributed by atoms with Gasteiger partial charge in [-0.25, -0.2) is 0 Å². The van der Waals surface area contributed by atoms with Crippen LogP contribution in [-0.4, -0.2) is 4.98 Å². The number of fused-ring (bicyclic) bond motifs is 1. The summed E-state index contributed by atoms with van der Waals surface area (Å²) in [6.45, 7) is 2.12. The van der Waals surface area contributed by atoms with Gasteiger partial charge >= 0.3 is 0 Å². The fourth-order valence-corrected chi connectivity index (χ4v) is 1.21. The summed E-state index contributed by atoms with van der Waals surface area (Å²) in [6, 6.07) is 1.98. The third-order valence-electron chi connectivity index (χ3n) is 1.84. The second-order valence-electron chi connectivity index (χ2n) is 2.49. The van der Waals surface area contributed by atoms with E-state index in [4.69, 9.17) is 4.42 Å². The summed E-state index contributed by atoms with van der Waals surface area (Å²) in [6.07, 6.45) is 6.34. The second kappa shape index (κ2) is 2.38. The lowest BCUT2D eigenvalue weighted by Gasteiger charge is -1.88. The zero-order chi connectivity index (χ0) is 7.68. The van der Waals surface area contributed by atoms with Gasteiger partial charge in [-0.1, -0.05) is 6.92 Å². The van der Waals surface area contributed by atoms with E-state index in [0.29, 0.717) is 0 Å². The summed E-state index contributed by atoms with van der Waals surface area (Å²) in [5, 5.41) is 1.18. The molecule has 11 heavy (non-hydrogen) atoms. The molecule has 0 aliphatic heterocycles. The van der Waals surface area contributed by atoms with E-state index in [1.807, 2.05) is 6.07 Å². The number of hydrogen-bond acceptors (Lipinski definition) is 2. The quantitative estimate of drug-likeness (QED) is 0.619. The fraction of sp³-hybridized carbons (Fsp3) is 0.222. The van der Waals surface area contributed by atoms with E-state index >= 15 is 0 Å². The summed E-state index contributed by atoms with van der Waals surface area (Å²) in [4.78, 5) is 3.97. The molecule has 0 unspecified atom stereocenters. The Balaban J connectivity index is 2.76. The van der Waals surface area contributed by atoms with Gasteiger partial charge in [-0.2, -0.15) is 0 Å². The van der Waals surface area contributed by atoms with Gasteiger partial charge in [0.15, 0.2) is 5.58 Å². The Morgan fingerprint density at radius 3 is 3.27 bits per heavy atom. The van der Waals surface area contributed by atoms with Crippen molar-refractivity contribution in [1.29, 1.82) is 0 Å². The monoisotopic (exact) mass is 147 g/mol. The molecule has 0 saturated heterocycles. The van der Waals surface area contributed by atoms with E-state index < -0.39 is 0 Å². The number of furan rings is 1. The van der Waals surface area contributed by atoms with E-state index in [0.717, 1.165) is 12.0 Å². The van der Waals surface area contributed by atoms with Crippen LogP contribution >= 0.6 is 0 Å². The minimum absolute atomic E-state index is 0.879. The first-order valence-electron chi connectivity index (χ1n) is 3.72. The van der Waals surface area contributed by atoms with Crippen LogP contribution in [0.2, 0.25) is 0 Å². The standard InChI is InChI=1S/C9H9NO/c1-2-7-6-11-9-5-10-4-3-8(7)9/h3-6H,2H2,1H3. The molecule has 2 rings (SSSR count). The zero-order valence-electron chi connectivity index (χ0n) is 6.37. The van der Waals surface area contributed by atoms with Crippen LogP contribution in [0.5, 0.6) is 0 Å². The zero-order valence-corrected chi connectivity index (χ0v) is 6.37. The molecule has 0 atom stereocenters. The smallest absolute Gasteiger partial charge is 0.152 e. The number of pyridine rings is 1. The molecule has 2 aromatic rings. The highest BCUT2D eigenvalue weighted by atomic mass is 16.3. The van der Waals surface area contributed by atoms with E-state index in [9.17, 15) is 0 Å². The molecule has 0 aromatic carbocycles. The molecule has 0 bridgehead atoms. The normalized spacial score (nSPS) is 10.6. The first-order chi connectivity index (χ1) is 5.42. The van der Waals surface area contributed by atoms with Gasteiger partial charge in [0.25, 0.3) is 0 Å².